The van der Waals surface area contributed by atoms with Crippen LogP contribution in [-0.4, -0.2) is 37.2 Å². The first-order valence-corrected chi connectivity index (χ1v) is 11.2. The van der Waals surface area contributed by atoms with Crippen molar-refractivity contribution in [2.24, 2.45) is 5.41 Å². The van der Waals surface area contributed by atoms with Crippen LogP contribution in [0.5, 0.6) is 0 Å². The fraction of sp³-hybridized carbons (Fsp3) is 0.938. The van der Waals surface area contributed by atoms with Gasteiger partial charge in [-0.05, 0) is 0 Å². The number of hydrogen-bond donors (Lipinski definition) is 0. The molecule has 0 aromatic heterocycles. The van der Waals surface area contributed by atoms with Crippen molar-refractivity contribution in [1.82, 2.24) is 0 Å². The molecule has 114 valence electrons. The van der Waals surface area contributed by atoms with Crippen molar-refractivity contribution in [2.45, 2.75) is 71.1 Å². The van der Waals surface area contributed by atoms with Gasteiger partial charge in [-0.1, -0.05) is 0 Å². The first kappa shape index (κ1) is 17.0. The molecule has 0 bridgehead atoms. The molecule has 0 amide bonds. The Morgan fingerprint density at radius 3 is 1.84 bits per heavy atom. The molecule has 0 aromatic carbocycles. The van der Waals surface area contributed by atoms with E-state index in [2.05, 4.69) is 47.7 Å². The zero-order chi connectivity index (χ0) is 14.9. The Bertz CT molecular complexity index is 303. The summed E-state index contributed by atoms with van der Waals surface area (Å²) in [4.78, 5) is 12.8. The number of rotatable bonds is 3. The summed E-state index contributed by atoms with van der Waals surface area (Å²) in [6, 6.07) is 0. The van der Waals surface area contributed by atoms with Crippen molar-refractivity contribution < 1.29 is 9.53 Å². The summed E-state index contributed by atoms with van der Waals surface area (Å²) < 4.78 is 5.91. The van der Waals surface area contributed by atoms with E-state index in [0.29, 0.717) is 0 Å². The topological polar surface area (TPSA) is 26.3 Å². The molecule has 0 saturated heterocycles. The van der Waals surface area contributed by atoms with Gasteiger partial charge >= 0.3 is 119 Å². The van der Waals surface area contributed by atoms with Crippen molar-refractivity contribution in [3.05, 3.63) is 0 Å². The predicted molar refractivity (Wildman–Crippen MR) is 86.9 cm³/mol. The van der Waals surface area contributed by atoms with Gasteiger partial charge in [-0.15, -0.1) is 0 Å². The number of hydrogen-bond acceptors (Lipinski definition) is 2. The second kappa shape index (κ2) is 5.72. The summed E-state index contributed by atoms with van der Waals surface area (Å²) in [5, 5.41) is -0.336. The first-order valence-electron chi connectivity index (χ1n) is 7.71. The standard InChI is InChI=1S/C16H33O2P/c1-15(2,3)16(4,19(5,6)7)14(17)18-13-11-9-8-10-12-13/h13,19H,8-12H2,1-7H3. The van der Waals surface area contributed by atoms with Crippen LogP contribution in [0.4, 0.5) is 0 Å². The third-order valence-electron chi connectivity index (χ3n) is 5.23. The molecule has 1 aliphatic rings. The number of carbonyl (C=O) groups is 1. The molecule has 0 spiro atoms. The summed E-state index contributed by atoms with van der Waals surface area (Å²) in [5.41, 5.74) is -0.0524. The number of carbonyl (C=O) groups excluding carboxylic acids is 1. The second-order valence-corrected chi connectivity index (χ2v) is 13.8. The van der Waals surface area contributed by atoms with E-state index in [9.17, 15) is 4.79 Å². The Morgan fingerprint density at radius 1 is 1.00 bits per heavy atom. The van der Waals surface area contributed by atoms with Crippen LogP contribution < -0.4 is 0 Å². The number of esters is 1. The van der Waals surface area contributed by atoms with E-state index in [-0.39, 0.29) is 22.6 Å². The van der Waals surface area contributed by atoms with Crippen LogP contribution >= 0.6 is 7.26 Å². The Hall–Kier alpha value is -0.100. The van der Waals surface area contributed by atoms with Gasteiger partial charge in [-0.2, -0.15) is 0 Å². The van der Waals surface area contributed by atoms with E-state index in [4.69, 9.17) is 4.74 Å². The fourth-order valence-electron chi connectivity index (χ4n) is 3.19. The molecule has 0 aliphatic heterocycles. The predicted octanol–water partition coefficient (Wildman–Crippen LogP) is 4.31. The maximum atomic E-state index is 12.8. The molecule has 0 N–H and O–H groups in total. The van der Waals surface area contributed by atoms with E-state index >= 15 is 0 Å². The van der Waals surface area contributed by atoms with E-state index < -0.39 is 7.26 Å². The third kappa shape index (κ3) is 3.51. The van der Waals surface area contributed by atoms with Crippen LogP contribution in [0.1, 0.15) is 59.8 Å². The molecule has 1 aliphatic carbocycles. The second-order valence-electron chi connectivity index (χ2n) is 8.29. The molecule has 0 radical (unpaired) electrons. The maximum absolute atomic E-state index is 12.8. The van der Waals surface area contributed by atoms with Gasteiger partial charge in [0.15, 0.2) is 0 Å². The molecule has 1 rings (SSSR count). The van der Waals surface area contributed by atoms with Gasteiger partial charge in [0.1, 0.15) is 0 Å². The molecule has 1 saturated carbocycles. The van der Waals surface area contributed by atoms with E-state index in [0.717, 1.165) is 12.8 Å². The van der Waals surface area contributed by atoms with E-state index in [1.54, 1.807) is 0 Å². The minimum atomic E-state index is -1.67. The van der Waals surface area contributed by atoms with Crippen LogP contribution in [0.2, 0.25) is 0 Å². The van der Waals surface area contributed by atoms with Gasteiger partial charge in [-0.3, -0.25) is 0 Å². The summed E-state index contributed by atoms with van der Waals surface area (Å²) in [5.74, 6) is 0.0473. The molecular formula is C16H33O2P. The average molecular weight is 288 g/mol. The normalized spacial score (nSPS) is 22.7. The molecular weight excluding hydrogens is 255 g/mol. The SMILES string of the molecule is CC(C)(C)C(C)(C(=O)OC1CCCCC1)[PH](C)(C)C. The van der Waals surface area contributed by atoms with Crippen LogP contribution in [0.3, 0.4) is 0 Å². The third-order valence-corrected chi connectivity index (χ3v) is 9.19. The van der Waals surface area contributed by atoms with E-state index in [1.165, 1.54) is 19.3 Å². The van der Waals surface area contributed by atoms with Crippen molar-refractivity contribution in [3.63, 3.8) is 0 Å². The Kier molecular flexibility index (Phi) is 5.10. The molecule has 0 heterocycles. The summed E-state index contributed by atoms with van der Waals surface area (Å²) in [7, 11) is -1.67. The van der Waals surface area contributed by atoms with Crippen molar-refractivity contribution in [3.8, 4) is 0 Å². The van der Waals surface area contributed by atoms with Gasteiger partial charge in [0.05, 0.1) is 0 Å². The number of ether oxygens (including phenoxy) is 1. The van der Waals surface area contributed by atoms with Crippen LogP contribution in [-0.2, 0) is 9.53 Å². The van der Waals surface area contributed by atoms with Crippen LogP contribution in [0.25, 0.3) is 0 Å². The zero-order valence-corrected chi connectivity index (χ0v) is 14.9. The Balaban J connectivity index is 2.90. The van der Waals surface area contributed by atoms with Crippen LogP contribution in [0.15, 0.2) is 0 Å². The molecule has 1 fully saturated rings. The summed E-state index contributed by atoms with van der Waals surface area (Å²) in [6.45, 7) is 15.5. The van der Waals surface area contributed by atoms with Gasteiger partial charge in [0.25, 0.3) is 0 Å². The van der Waals surface area contributed by atoms with Crippen molar-refractivity contribution >= 4 is 13.2 Å². The van der Waals surface area contributed by atoms with Crippen LogP contribution in [0, 0.1) is 5.41 Å². The molecule has 1 unspecified atom stereocenters. The minimum absolute atomic E-state index is 0.0473. The average Bonchev–Trinajstić information content (AvgIpc) is 2.26. The molecule has 3 heteroatoms. The van der Waals surface area contributed by atoms with Crippen molar-refractivity contribution in [1.29, 1.82) is 0 Å². The van der Waals surface area contributed by atoms with E-state index in [1.807, 2.05) is 0 Å². The van der Waals surface area contributed by atoms with Gasteiger partial charge in [0.2, 0.25) is 0 Å². The van der Waals surface area contributed by atoms with Gasteiger partial charge in [0, 0.05) is 0 Å². The fourth-order valence-corrected chi connectivity index (χ4v) is 6.11. The first-order chi connectivity index (χ1) is 8.50. The Labute approximate surface area is 120 Å². The summed E-state index contributed by atoms with van der Waals surface area (Å²) in [6.07, 6.45) is 5.97. The molecule has 0 aromatic rings. The molecule has 19 heavy (non-hydrogen) atoms. The Morgan fingerprint density at radius 2 is 1.47 bits per heavy atom. The monoisotopic (exact) mass is 288 g/mol. The van der Waals surface area contributed by atoms with Gasteiger partial charge in [-0.25, -0.2) is 0 Å². The summed E-state index contributed by atoms with van der Waals surface area (Å²) >= 11 is 0. The quantitative estimate of drug-likeness (QED) is 0.571. The molecule has 2 nitrogen and oxygen atoms in total. The van der Waals surface area contributed by atoms with Crippen molar-refractivity contribution in [2.75, 3.05) is 20.0 Å². The zero-order valence-electron chi connectivity index (χ0n) is 13.9. The van der Waals surface area contributed by atoms with Gasteiger partial charge < -0.3 is 0 Å². The molecule has 1 atom stereocenters.